The number of fused-ring (bicyclic) bond motifs is 1. The number of carbonyl (C=O) groups is 2. The fourth-order valence-corrected chi connectivity index (χ4v) is 4.24. The van der Waals surface area contributed by atoms with Crippen molar-refractivity contribution < 1.29 is 14.3 Å². The molecule has 2 heterocycles. The normalized spacial score (nSPS) is 28.6. The predicted molar refractivity (Wildman–Crippen MR) is 77.0 cm³/mol. The van der Waals surface area contributed by atoms with Crippen LogP contribution in [0.1, 0.15) is 25.3 Å². The highest BCUT2D eigenvalue weighted by Crippen LogP contribution is 2.47. The van der Waals surface area contributed by atoms with Crippen molar-refractivity contribution in [1.29, 1.82) is 0 Å². The molecule has 4 nitrogen and oxygen atoms in total. The van der Waals surface area contributed by atoms with Crippen LogP contribution < -0.4 is 0 Å². The molecule has 1 aromatic carbocycles. The summed E-state index contributed by atoms with van der Waals surface area (Å²) in [6, 6.07) is 9.16. The number of esters is 1. The Morgan fingerprint density at radius 2 is 2.20 bits per heavy atom. The number of hydrogen-bond acceptors (Lipinski definition) is 4. The number of amides is 1. The number of nitrogens with zero attached hydrogens (tertiary/aromatic N) is 1. The summed E-state index contributed by atoms with van der Waals surface area (Å²) in [5, 5.41) is 0. The topological polar surface area (TPSA) is 46.6 Å². The Labute approximate surface area is 122 Å². The standard InChI is InChI=1S/C15H17NO3S/c1-15-8-7-13(17)16(15)12(10-20-15)14(18)19-9-11-5-3-2-4-6-11/h2-6,12H,7-10H2,1H3. The molecule has 2 fully saturated rings. The van der Waals surface area contributed by atoms with Crippen molar-refractivity contribution in [2.24, 2.45) is 0 Å². The number of hydrogen-bond donors (Lipinski definition) is 0. The molecule has 1 amide bonds. The summed E-state index contributed by atoms with van der Waals surface area (Å²) < 4.78 is 5.37. The summed E-state index contributed by atoms with van der Waals surface area (Å²) in [7, 11) is 0. The van der Waals surface area contributed by atoms with Crippen LogP contribution in [0.2, 0.25) is 0 Å². The molecule has 2 atom stereocenters. The van der Waals surface area contributed by atoms with Crippen molar-refractivity contribution in [2.75, 3.05) is 5.75 Å². The van der Waals surface area contributed by atoms with Crippen molar-refractivity contribution in [3.05, 3.63) is 35.9 Å². The molecular formula is C15H17NO3S. The second-order valence-electron chi connectivity index (χ2n) is 5.36. The van der Waals surface area contributed by atoms with Gasteiger partial charge in [0.05, 0.1) is 4.87 Å². The van der Waals surface area contributed by atoms with E-state index in [1.807, 2.05) is 37.3 Å². The summed E-state index contributed by atoms with van der Waals surface area (Å²) in [4.78, 5) is 25.7. The molecule has 0 bridgehead atoms. The highest BCUT2D eigenvalue weighted by molar-refractivity contribution is 8.01. The molecule has 0 spiro atoms. The van der Waals surface area contributed by atoms with Crippen molar-refractivity contribution in [1.82, 2.24) is 4.90 Å². The predicted octanol–water partition coefficient (Wildman–Crippen LogP) is 2.18. The van der Waals surface area contributed by atoms with Crippen LogP contribution in [0.4, 0.5) is 0 Å². The molecule has 3 rings (SSSR count). The van der Waals surface area contributed by atoms with Gasteiger partial charge in [0, 0.05) is 12.2 Å². The molecule has 2 saturated heterocycles. The van der Waals surface area contributed by atoms with Crippen molar-refractivity contribution in [3.8, 4) is 0 Å². The molecule has 0 radical (unpaired) electrons. The van der Waals surface area contributed by atoms with Crippen LogP contribution in [0.3, 0.4) is 0 Å². The summed E-state index contributed by atoms with van der Waals surface area (Å²) >= 11 is 1.68. The minimum atomic E-state index is -0.427. The summed E-state index contributed by atoms with van der Waals surface area (Å²) in [5.41, 5.74) is 0.960. The van der Waals surface area contributed by atoms with E-state index in [9.17, 15) is 9.59 Å². The zero-order chi connectivity index (χ0) is 14.2. The minimum Gasteiger partial charge on any atom is -0.459 e. The van der Waals surface area contributed by atoms with Gasteiger partial charge in [-0.2, -0.15) is 0 Å². The Morgan fingerprint density at radius 3 is 2.95 bits per heavy atom. The van der Waals surface area contributed by atoms with Crippen LogP contribution in [0.25, 0.3) is 0 Å². The summed E-state index contributed by atoms with van der Waals surface area (Å²) in [5.74, 6) is 0.412. The van der Waals surface area contributed by atoms with Gasteiger partial charge in [-0.25, -0.2) is 4.79 Å². The molecule has 5 heteroatoms. The SMILES string of the molecule is CC12CCC(=O)N1C(C(=O)OCc1ccccc1)CS2. The lowest BCUT2D eigenvalue weighted by Gasteiger charge is -2.29. The lowest BCUT2D eigenvalue weighted by molar-refractivity contribution is -0.154. The van der Waals surface area contributed by atoms with Gasteiger partial charge in [0.25, 0.3) is 0 Å². The maximum atomic E-state index is 12.2. The fourth-order valence-electron chi connectivity index (χ4n) is 2.82. The van der Waals surface area contributed by atoms with Gasteiger partial charge in [0.2, 0.25) is 5.91 Å². The fraction of sp³-hybridized carbons (Fsp3) is 0.467. The van der Waals surface area contributed by atoms with Gasteiger partial charge in [-0.3, -0.25) is 4.79 Å². The van der Waals surface area contributed by atoms with Gasteiger partial charge in [0.1, 0.15) is 12.6 Å². The highest BCUT2D eigenvalue weighted by Gasteiger charge is 2.53. The van der Waals surface area contributed by atoms with E-state index in [2.05, 4.69) is 0 Å². The molecule has 2 aliphatic heterocycles. The Hall–Kier alpha value is -1.49. The van der Waals surface area contributed by atoms with Gasteiger partial charge in [-0.1, -0.05) is 30.3 Å². The Morgan fingerprint density at radius 1 is 1.45 bits per heavy atom. The molecule has 1 aromatic rings. The monoisotopic (exact) mass is 291 g/mol. The largest absolute Gasteiger partial charge is 0.459 e. The molecule has 106 valence electrons. The maximum absolute atomic E-state index is 12.2. The smallest absolute Gasteiger partial charge is 0.330 e. The second-order valence-corrected chi connectivity index (χ2v) is 6.86. The van der Waals surface area contributed by atoms with Gasteiger partial charge in [-0.05, 0) is 18.9 Å². The van der Waals surface area contributed by atoms with Crippen LogP contribution in [-0.2, 0) is 20.9 Å². The maximum Gasteiger partial charge on any atom is 0.330 e. The molecule has 0 saturated carbocycles. The van der Waals surface area contributed by atoms with Gasteiger partial charge >= 0.3 is 5.97 Å². The van der Waals surface area contributed by atoms with E-state index in [1.165, 1.54) is 0 Å². The quantitative estimate of drug-likeness (QED) is 0.801. The van der Waals surface area contributed by atoms with E-state index in [0.717, 1.165) is 12.0 Å². The van der Waals surface area contributed by atoms with E-state index < -0.39 is 6.04 Å². The lowest BCUT2D eigenvalue weighted by Crippen LogP contribution is -2.46. The van der Waals surface area contributed by atoms with E-state index in [4.69, 9.17) is 4.74 Å². The van der Waals surface area contributed by atoms with Crippen LogP contribution >= 0.6 is 11.8 Å². The molecule has 2 unspecified atom stereocenters. The number of benzene rings is 1. The first kappa shape index (κ1) is 13.5. The summed E-state index contributed by atoms with van der Waals surface area (Å²) in [6.07, 6.45) is 1.35. The third-order valence-electron chi connectivity index (χ3n) is 3.94. The summed E-state index contributed by atoms with van der Waals surface area (Å²) in [6.45, 7) is 2.30. The van der Waals surface area contributed by atoms with Crippen molar-refractivity contribution in [2.45, 2.75) is 37.3 Å². The molecule has 0 aromatic heterocycles. The molecule has 0 N–H and O–H groups in total. The Balaban J connectivity index is 1.65. The van der Waals surface area contributed by atoms with Crippen LogP contribution in [0, 0.1) is 0 Å². The van der Waals surface area contributed by atoms with Crippen LogP contribution in [-0.4, -0.2) is 33.4 Å². The number of thioether (sulfide) groups is 1. The minimum absolute atomic E-state index is 0.0687. The zero-order valence-electron chi connectivity index (χ0n) is 11.4. The third-order valence-corrected chi connectivity index (χ3v) is 5.45. The van der Waals surface area contributed by atoms with Crippen molar-refractivity contribution in [3.63, 3.8) is 0 Å². The molecule has 0 aliphatic carbocycles. The first-order chi connectivity index (χ1) is 9.60. The van der Waals surface area contributed by atoms with Crippen LogP contribution in [0.5, 0.6) is 0 Å². The van der Waals surface area contributed by atoms with Gasteiger partial charge < -0.3 is 9.64 Å². The zero-order valence-corrected chi connectivity index (χ0v) is 12.2. The first-order valence-corrected chi connectivity index (χ1v) is 7.75. The van der Waals surface area contributed by atoms with Gasteiger partial charge in [0.15, 0.2) is 0 Å². The Kier molecular flexibility index (Phi) is 3.46. The second kappa shape index (κ2) is 5.13. The van der Waals surface area contributed by atoms with E-state index in [1.54, 1.807) is 16.7 Å². The molecule has 20 heavy (non-hydrogen) atoms. The van der Waals surface area contributed by atoms with Crippen molar-refractivity contribution >= 4 is 23.6 Å². The van der Waals surface area contributed by atoms with E-state index in [0.29, 0.717) is 12.2 Å². The average Bonchev–Trinajstić information content (AvgIpc) is 2.95. The number of carbonyl (C=O) groups excluding carboxylic acids is 2. The van der Waals surface area contributed by atoms with E-state index >= 15 is 0 Å². The van der Waals surface area contributed by atoms with Gasteiger partial charge in [-0.15, -0.1) is 11.8 Å². The van der Waals surface area contributed by atoms with Crippen LogP contribution in [0.15, 0.2) is 30.3 Å². The number of ether oxygens (including phenoxy) is 1. The molecule has 2 aliphatic rings. The third kappa shape index (κ3) is 2.30. The Bertz CT molecular complexity index is 533. The molecular weight excluding hydrogens is 274 g/mol. The van der Waals surface area contributed by atoms with E-state index in [-0.39, 0.29) is 23.4 Å². The lowest BCUT2D eigenvalue weighted by atomic mass is 10.2. The highest BCUT2D eigenvalue weighted by atomic mass is 32.2. The first-order valence-electron chi connectivity index (χ1n) is 6.77. The number of rotatable bonds is 3. The average molecular weight is 291 g/mol.